The van der Waals surface area contributed by atoms with Crippen LogP contribution in [-0.4, -0.2) is 31.9 Å². The predicted octanol–water partition coefficient (Wildman–Crippen LogP) is 3.66. The first-order valence-corrected chi connectivity index (χ1v) is 9.38. The molecule has 2 aromatic carbocycles. The van der Waals surface area contributed by atoms with Gasteiger partial charge in [0.15, 0.2) is 17.6 Å². The Morgan fingerprint density at radius 1 is 1.24 bits per heavy atom. The van der Waals surface area contributed by atoms with Gasteiger partial charge >= 0.3 is 0 Å². The fourth-order valence-electron chi connectivity index (χ4n) is 2.34. The zero-order valence-electron chi connectivity index (χ0n) is 16.8. The molecule has 1 amide bonds. The molecule has 1 unspecified atom stereocenters. The molecule has 2 aromatic rings. The third-order valence-electron chi connectivity index (χ3n) is 4.00. The van der Waals surface area contributed by atoms with Crippen LogP contribution in [0.2, 0.25) is 0 Å². The number of amides is 1. The molecule has 0 aliphatic carbocycles. The van der Waals surface area contributed by atoms with Crippen LogP contribution in [0.5, 0.6) is 17.2 Å². The van der Waals surface area contributed by atoms with Gasteiger partial charge in [0.1, 0.15) is 5.75 Å². The molecule has 152 valence electrons. The van der Waals surface area contributed by atoms with Crippen molar-refractivity contribution in [3.05, 3.63) is 53.6 Å². The molecule has 1 atom stereocenters. The molecule has 0 radical (unpaired) electrons. The molecule has 0 saturated carbocycles. The molecular weight excluding hydrogens is 370 g/mol. The summed E-state index contributed by atoms with van der Waals surface area (Å²) < 4.78 is 16.6. The normalized spacial score (nSPS) is 11.5. The quantitative estimate of drug-likeness (QED) is 0.376. The van der Waals surface area contributed by atoms with E-state index < -0.39 is 12.0 Å². The summed E-state index contributed by atoms with van der Waals surface area (Å²) in [4.78, 5) is 12.1. The lowest BCUT2D eigenvalue weighted by molar-refractivity contribution is -0.127. The molecule has 0 spiro atoms. The van der Waals surface area contributed by atoms with Crippen molar-refractivity contribution in [1.82, 2.24) is 5.43 Å². The number of carbonyl (C=O) groups excluding carboxylic acids is 1. The van der Waals surface area contributed by atoms with Crippen molar-refractivity contribution in [3.8, 4) is 23.3 Å². The molecule has 2 rings (SSSR count). The summed E-state index contributed by atoms with van der Waals surface area (Å²) in [5.74, 6) is 1.39. The number of hydrogen-bond acceptors (Lipinski definition) is 6. The highest BCUT2D eigenvalue weighted by molar-refractivity contribution is 5.84. The van der Waals surface area contributed by atoms with E-state index in [9.17, 15) is 4.79 Å². The fourth-order valence-corrected chi connectivity index (χ4v) is 2.34. The predicted molar refractivity (Wildman–Crippen MR) is 110 cm³/mol. The van der Waals surface area contributed by atoms with Crippen molar-refractivity contribution in [2.75, 3.05) is 13.7 Å². The van der Waals surface area contributed by atoms with E-state index in [1.807, 2.05) is 18.2 Å². The summed E-state index contributed by atoms with van der Waals surface area (Å²) >= 11 is 0. The number of nitrogens with zero attached hydrogens (tertiary/aromatic N) is 2. The lowest BCUT2D eigenvalue weighted by atomic mass is 10.2. The van der Waals surface area contributed by atoms with Crippen molar-refractivity contribution in [2.45, 2.75) is 32.8 Å². The topological polar surface area (TPSA) is 92.9 Å². The second-order valence-corrected chi connectivity index (χ2v) is 6.24. The highest BCUT2D eigenvalue weighted by Gasteiger charge is 2.14. The minimum Gasteiger partial charge on any atom is -0.493 e. The number of carbonyl (C=O) groups is 1. The van der Waals surface area contributed by atoms with Gasteiger partial charge < -0.3 is 14.2 Å². The van der Waals surface area contributed by atoms with Crippen molar-refractivity contribution < 1.29 is 19.0 Å². The molecule has 0 aliphatic heterocycles. The van der Waals surface area contributed by atoms with Crippen LogP contribution in [0.3, 0.4) is 0 Å². The van der Waals surface area contributed by atoms with Crippen molar-refractivity contribution in [3.63, 3.8) is 0 Å². The third kappa shape index (κ3) is 6.85. The van der Waals surface area contributed by atoms with Gasteiger partial charge in [-0.3, -0.25) is 4.79 Å². The largest absolute Gasteiger partial charge is 0.493 e. The van der Waals surface area contributed by atoms with Crippen LogP contribution in [-0.2, 0) is 4.79 Å². The monoisotopic (exact) mass is 395 g/mol. The van der Waals surface area contributed by atoms with E-state index in [4.69, 9.17) is 19.5 Å². The number of nitriles is 1. The van der Waals surface area contributed by atoms with Crippen molar-refractivity contribution in [2.24, 2.45) is 5.10 Å². The molecule has 1 N–H and O–H groups in total. The van der Waals surface area contributed by atoms with E-state index in [0.717, 1.165) is 18.4 Å². The van der Waals surface area contributed by atoms with Gasteiger partial charge in [-0.2, -0.15) is 10.4 Å². The van der Waals surface area contributed by atoms with Crippen LogP contribution in [0.15, 0.2) is 47.6 Å². The number of rotatable bonds is 10. The molecule has 7 nitrogen and oxygen atoms in total. The van der Waals surface area contributed by atoms with Gasteiger partial charge in [-0.25, -0.2) is 5.43 Å². The molecule has 0 saturated heterocycles. The Morgan fingerprint density at radius 2 is 2.00 bits per heavy atom. The highest BCUT2D eigenvalue weighted by atomic mass is 16.5. The zero-order valence-corrected chi connectivity index (χ0v) is 16.8. The maximum absolute atomic E-state index is 12.1. The van der Waals surface area contributed by atoms with Gasteiger partial charge in [0.2, 0.25) is 0 Å². The molecule has 0 bridgehead atoms. The SMILES string of the molecule is CCCCOc1ccc(/C=N/NC(=O)C(C)Oc2ccc(C#N)cc2)cc1OC. The second kappa shape index (κ2) is 11.3. The minimum atomic E-state index is -0.746. The van der Waals surface area contributed by atoms with Gasteiger partial charge in [0, 0.05) is 0 Å². The number of unbranched alkanes of at least 4 members (excludes halogenated alkanes) is 1. The standard InChI is InChI=1S/C22H25N3O4/c1-4-5-12-28-20-11-8-18(13-21(20)27-3)15-24-25-22(26)16(2)29-19-9-6-17(14-23)7-10-19/h6-11,13,15-16H,4-5,12H2,1-3H3,(H,25,26)/b24-15+. The summed E-state index contributed by atoms with van der Waals surface area (Å²) in [7, 11) is 1.58. The molecule has 0 fully saturated rings. The Hall–Kier alpha value is -3.53. The third-order valence-corrected chi connectivity index (χ3v) is 4.00. The van der Waals surface area contributed by atoms with Gasteiger partial charge in [0.05, 0.1) is 31.6 Å². The Balaban J connectivity index is 1.90. The molecular formula is C22H25N3O4. The number of benzene rings is 2. The summed E-state index contributed by atoms with van der Waals surface area (Å²) in [6, 6.07) is 14.0. The molecule has 29 heavy (non-hydrogen) atoms. The Kier molecular flexibility index (Phi) is 8.51. The summed E-state index contributed by atoms with van der Waals surface area (Å²) in [6.45, 7) is 4.35. The van der Waals surface area contributed by atoms with Crippen LogP contribution in [0.4, 0.5) is 0 Å². The molecule has 0 aliphatic rings. The van der Waals surface area contributed by atoms with Crippen LogP contribution >= 0.6 is 0 Å². The van der Waals surface area contributed by atoms with E-state index >= 15 is 0 Å². The fraction of sp³-hybridized carbons (Fsp3) is 0.318. The summed E-state index contributed by atoms with van der Waals surface area (Å²) in [5, 5.41) is 12.8. The number of methoxy groups -OCH3 is 1. The first-order valence-electron chi connectivity index (χ1n) is 9.38. The minimum absolute atomic E-state index is 0.392. The van der Waals surface area contributed by atoms with Crippen LogP contribution < -0.4 is 19.6 Å². The Morgan fingerprint density at radius 3 is 2.66 bits per heavy atom. The second-order valence-electron chi connectivity index (χ2n) is 6.24. The van der Waals surface area contributed by atoms with E-state index in [-0.39, 0.29) is 0 Å². The number of nitrogens with one attached hydrogen (secondary N) is 1. The number of ether oxygens (including phenoxy) is 3. The maximum Gasteiger partial charge on any atom is 0.280 e. The van der Waals surface area contributed by atoms with Gasteiger partial charge in [-0.15, -0.1) is 0 Å². The van der Waals surface area contributed by atoms with Gasteiger partial charge in [-0.1, -0.05) is 13.3 Å². The average molecular weight is 395 g/mol. The van der Waals surface area contributed by atoms with Crippen LogP contribution in [0, 0.1) is 11.3 Å². The number of hydrogen-bond donors (Lipinski definition) is 1. The summed E-state index contributed by atoms with van der Waals surface area (Å²) in [5.41, 5.74) is 3.73. The maximum atomic E-state index is 12.1. The van der Waals surface area contributed by atoms with E-state index in [2.05, 4.69) is 17.5 Å². The van der Waals surface area contributed by atoms with Crippen LogP contribution in [0.25, 0.3) is 0 Å². The lowest BCUT2D eigenvalue weighted by Crippen LogP contribution is -2.33. The van der Waals surface area contributed by atoms with E-state index in [1.165, 1.54) is 6.21 Å². The number of hydrazone groups is 1. The van der Waals surface area contributed by atoms with Crippen molar-refractivity contribution >= 4 is 12.1 Å². The zero-order chi connectivity index (χ0) is 21.1. The average Bonchev–Trinajstić information content (AvgIpc) is 2.75. The van der Waals surface area contributed by atoms with Crippen LogP contribution in [0.1, 0.15) is 37.8 Å². The van der Waals surface area contributed by atoms with E-state index in [1.54, 1.807) is 44.4 Å². The Bertz CT molecular complexity index is 873. The first kappa shape index (κ1) is 21.8. The molecule has 7 heteroatoms. The lowest BCUT2D eigenvalue weighted by Gasteiger charge is -2.13. The van der Waals surface area contributed by atoms with E-state index in [0.29, 0.717) is 29.4 Å². The molecule has 0 heterocycles. The van der Waals surface area contributed by atoms with Crippen molar-refractivity contribution in [1.29, 1.82) is 5.26 Å². The van der Waals surface area contributed by atoms with Gasteiger partial charge in [0.25, 0.3) is 5.91 Å². The highest BCUT2D eigenvalue weighted by Crippen LogP contribution is 2.27. The smallest absolute Gasteiger partial charge is 0.280 e. The first-order chi connectivity index (χ1) is 14.1. The Labute approximate surface area is 170 Å². The summed E-state index contributed by atoms with van der Waals surface area (Å²) in [6.07, 6.45) is 2.80. The van der Waals surface area contributed by atoms with Gasteiger partial charge in [-0.05, 0) is 61.4 Å². The molecule has 0 aromatic heterocycles.